The van der Waals surface area contributed by atoms with Gasteiger partial charge in [0.25, 0.3) is 11.8 Å². The molecule has 2 heterocycles. The summed E-state index contributed by atoms with van der Waals surface area (Å²) in [5, 5.41) is -0.162. The van der Waals surface area contributed by atoms with Gasteiger partial charge in [-0.25, -0.2) is 4.90 Å². The fraction of sp³-hybridized carbons (Fsp3) is 0.0588. The van der Waals surface area contributed by atoms with E-state index in [1.54, 1.807) is 18.2 Å². The SMILES string of the molecule is O=C1c2cccc(-n3c4ccc(C(F)(F)F)cc4c4cc(C(F)(F)F)ccc43)c2C(=O)N1c1cccc(-c2ccccc2)c1. The molecule has 2 amide bonds. The third kappa shape index (κ3) is 4.24. The van der Waals surface area contributed by atoms with Crippen LogP contribution in [0.3, 0.4) is 0 Å². The number of imide groups is 1. The van der Waals surface area contributed by atoms with E-state index in [1.807, 2.05) is 36.4 Å². The second-order valence-electron chi connectivity index (χ2n) is 10.4. The van der Waals surface area contributed by atoms with E-state index in [1.165, 1.54) is 22.8 Å². The average molecular weight is 601 g/mol. The number of fused-ring (bicyclic) bond motifs is 4. The van der Waals surface area contributed by atoms with Crippen LogP contribution < -0.4 is 4.90 Å². The zero-order valence-corrected chi connectivity index (χ0v) is 22.4. The van der Waals surface area contributed by atoms with Gasteiger partial charge in [0.05, 0.1) is 44.7 Å². The molecular formula is C34H18F6N2O2. The van der Waals surface area contributed by atoms with Crippen molar-refractivity contribution in [2.75, 3.05) is 4.90 Å². The molecule has 44 heavy (non-hydrogen) atoms. The topological polar surface area (TPSA) is 42.3 Å². The fourth-order valence-corrected chi connectivity index (χ4v) is 5.78. The highest BCUT2D eigenvalue weighted by Crippen LogP contribution is 2.42. The van der Waals surface area contributed by atoms with Gasteiger partial charge in [0.15, 0.2) is 0 Å². The highest BCUT2D eigenvalue weighted by molar-refractivity contribution is 6.36. The minimum atomic E-state index is -4.74. The van der Waals surface area contributed by atoms with E-state index in [-0.39, 0.29) is 38.6 Å². The third-order valence-electron chi connectivity index (χ3n) is 7.77. The van der Waals surface area contributed by atoms with Crippen molar-refractivity contribution < 1.29 is 35.9 Å². The monoisotopic (exact) mass is 600 g/mol. The van der Waals surface area contributed by atoms with Gasteiger partial charge in [0.1, 0.15) is 0 Å². The first-order valence-corrected chi connectivity index (χ1v) is 13.3. The number of carbonyl (C=O) groups excluding carboxylic acids is 2. The number of alkyl halides is 6. The van der Waals surface area contributed by atoms with Gasteiger partial charge in [-0.05, 0) is 71.8 Å². The smallest absolute Gasteiger partial charge is 0.308 e. The maximum atomic E-state index is 14.0. The number of aromatic nitrogens is 1. The number of benzene rings is 5. The third-order valence-corrected chi connectivity index (χ3v) is 7.77. The van der Waals surface area contributed by atoms with Crippen LogP contribution in [0.4, 0.5) is 32.0 Å². The minimum Gasteiger partial charge on any atom is -0.308 e. The van der Waals surface area contributed by atoms with Gasteiger partial charge in [0, 0.05) is 10.8 Å². The first-order valence-electron chi connectivity index (χ1n) is 13.3. The highest BCUT2D eigenvalue weighted by atomic mass is 19.4. The second-order valence-corrected chi connectivity index (χ2v) is 10.4. The molecule has 0 bridgehead atoms. The van der Waals surface area contributed by atoms with E-state index in [0.29, 0.717) is 5.69 Å². The van der Waals surface area contributed by atoms with Gasteiger partial charge in [0.2, 0.25) is 0 Å². The van der Waals surface area contributed by atoms with E-state index in [4.69, 9.17) is 0 Å². The van der Waals surface area contributed by atoms with Gasteiger partial charge in [-0.3, -0.25) is 9.59 Å². The van der Waals surface area contributed by atoms with Gasteiger partial charge in [-0.1, -0.05) is 48.5 Å². The number of hydrogen-bond acceptors (Lipinski definition) is 2. The Morgan fingerprint density at radius 2 is 1.09 bits per heavy atom. The van der Waals surface area contributed by atoms with Crippen LogP contribution in [0.1, 0.15) is 31.8 Å². The van der Waals surface area contributed by atoms with Gasteiger partial charge < -0.3 is 4.57 Å². The molecule has 0 fully saturated rings. The molecule has 4 nitrogen and oxygen atoms in total. The van der Waals surface area contributed by atoms with Crippen molar-refractivity contribution in [2.24, 2.45) is 0 Å². The summed E-state index contributed by atoms with van der Waals surface area (Å²) >= 11 is 0. The van der Waals surface area contributed by atoms with Crippen molar-refractivity contribution in [3.05, 3.63) is 131 Å². The Hall–Kier alpha value is -5.38. The number of rotatable bonds is 3. The van der Waals surface area contributed by atoms with E-state index in [0.717, 1.165) is 52.4 Å². The molecule has 0 saturated carbocycles. The molecule has 1 aromatic heterocycles. The van der Waals surface area contributed by atoms with Crippen LogP contribution in [0, 0.1) is 0 Å². The Morgan fingerprint density at radius 1 is 0.523 bits per heavy atom. The normalized spacial score (nSPS) is 13.7. The maximum absolute atomic E-state index is 14.0. The predicted octanol–water partition coefficient (Wildman–Crippen LogP) is 9.29. The summed E-state index contributed by atoms with van der Waals surface area (Å²) < 4.78 is 83.4. The van der Waals surface area contributed by atoms with Gasteiger partial charge >= 0.3 is 12.4 Å². The lowest BCUT2D eigenvalue weighted by Gasteiger charge is -2.16. The van der Waals surface area contributed by atoms with Crippen LogP contribution in [0.25, 0.3) is 38.6 Å². The molecule has 0 atom stereocenters. The lowest BCUT2D eigenvalue weighted by molar-refractivity contribution is -0.138. The molecule has 0 aliphatic carbocycles. The zero-order chi connectivity index (χ0) is 31.0. The Bertz CT molecular complexity index is 2070. The summed E-state index contributed by atoms with van der Waals surface area (Å²) in [5.74, 6) is -1.27. The molecule has 218 valence electrons. The quantitative estimate of drug-likeness (QED) is 0.150. The molecule has 0 spiro atoms. The Balaban J connectivity index is 1.44. The Labute approximate surface area is 245 Å². The van der Waals surface area contributed by atoms with Crippen molar-refractivity contribution in [1.29, 1.82) is 0 Å². The molecular weight excluding hydrogens is 582 g/mol. The molecule has 5 aromatic carbocycles. The molecule has 0 unspecified atom stereocenters. The standard InChI is InChI=1S/C34H18F6N2O2/c35-33(36,37)21-12-14-27-25(17-21)26-18-22(34(38,39)40)13-15-28(26)42(27)29-11-5-10-24-30(29)32(44)41(31(24)43)23-9-4-8-20(16-23)19-6-2-1-3-7-19/h1-18H. The number of nitrogens with zero attached hydrogens (tertiary/aromatic N) is 2. The molecule has 10 heteroatoms. The van der Waals surface area contributed by atoms with Crippen molar-refractivity contribution in [3.63, 3.8) is 0 Å². The van der Waals surface area contributed by atoms with E-state index >= 15 is 0 Å². The molecule has 6 aromatic rings. The van der Waals surface area contributed by atoms with Crippen LogP contribution in [-0.4, -0.2) is 16.4 Å². The van der Waals surface area contributed by atoms with Crippen LogP contribution >= 0.6 is 0 Å². The molecule has 0 saturated heterocycles. The van der Waals surface area contributed by atoms with Gasteiger partial charge in [-0.15, -0.1) is 0 Å². The number of hydrogen-bond donors (Lipinski definition) is 0. The first kappa shape index (κ1) is 27.5. The minimum absolute atomic E-state index is 0.0128. The fourth-order valence-electron chi connectivity index (χ4n) is 5.78. The van der Waals surface area contributed by atoms with Crippen LogP contribution in [0.15, 0.2) is 109 Å². The van der Waals surface area contributed by atoms with E-state index < -0.39 is 35.3 Å². The van der Waals surface area contributed by atoms with Crippen molar-refractivity contribution in [3.8, 4) is 16.8 Å². The molecule has 0 radical (unpaired) electrons. The number of halogens is 6. The lowest BCUT2D eigenvalue weighted by atomic mass is 10.0. The number of anilines is 1. The molecule has 7 rings (SSSR count). The second kappa shape index (κ2) is 9.57. The summed E-state index contributed by atoms with van der Waals surface area (Å²) in [5.41, 5.74) is 0.378. The predicted molar refractivity (Wildman–Crippen MR) is 154 cm³/mol. The van der Waals surface area contributed by atoms with Crippen molar-refractivity contribution in [1.82, 2.24) is 4.57 Å². The summed E-state index contributed by atoms with van der Waals surface area (Å²) in [6.45, 7) is 0. The summed E-state index contributed by atoms with van der Waals surface area (Å²) in [7, 11) is 0. The summed E-state index contributed by atoms with van der Waals surface area (Å²) in [6.07, 6.45) is -9.48. The van der Waals surface area contributed by atoms with E-state index in [2.05, 4.69) is 0 Å². The highest BCUT2D eigenvalue weighted by Gasteiger charge is 2.40. The Kier molecular flexibility index (Phi) is 5.97. The van der Waals surface area contributed by atoms with Crippen molar-refractivity contribution in [2.45, 2.75) is 12.4 Å². The largest absolute Gasteiger partial charge is 0.416 e. The molecule has 1 aliphatic heterocycles. The number of amides is 2. The van der Waals surface area contributed by atoms with Crippen molar-refractivity contribution >= 4 is 39.3 Å². The molecule has 0 N–H and O–H groups in total. The average Bonchev–Trinajstić information content (AvgIpc) is 3.47. The first-order chi connectivity index (χ1) is 20.9. The van der Waals surface area contributed by atoms with E-state index in [9.17, 15) is 35.9 Å². The lowest BCUT2D eigenvalue weighted by Crippen LogP contribution is -2.29. The zero-order valence-electron chi connectivity index (χ0n) is 22.4. The van der Waals surface area contributed by atoms with Crippen LogP contribution in [0.5, 0.6) is 0 Å². The summed E-state index contributed by atoms with van der Waals surface area (Å²) in [6, 6.07) is 26.3. The molecule has 1 aliphatic rings. The summed E-state index contributed by atoms with van der Waals surface area (Å²) in [4.78, 5) is 28.7. The van der Waals surface area contributed by atoms with Crippen LogP contribution in [0.2, 0.25) is 0 Å². The number of carbonyl (C=O) groups is 2. The van der Waals surface area contributed by atoms with Crippen LogP contribution in [-0.2, 0) is 12.4 Å². The van der Waals surface area contributed by atoms with Gasteiger partial charge in [-0.2, -0.15) is 26.3 Å². The Morgan fingerprint density at radius 3 is 1.68 bits per heavy atom. The maximum Gasteiger partial charge on any atom is 0.416 e.